The number of amides is 1. The van der Waals surface area contributed by atoms with Gasteiger partial charge in [-0.1, -0.05) is 24.6 Å². The summed E-state index contributed by atoms with van der Waals surface area (Å²) in [7, 11) is -4.19. The number of hydrogen-bond acceptors (Lipinski definition) is 9. The summed E-state index contributed by atoms with van der Waals surface area (Å²) >= 11 is 3.27. The van der Waals surface area contributed by atoms with Gasteiger partial charge in [-0.05, 0) is 41.1 Å². The second kappa shape index (κ2) is 10.8. The lowest BCUT2D eigenvalue weighted by Crippen LogP contribution is -2.42. The molecule has 4 rings (SSSR count). The van der Waals surface area contributed by atoms with Crippen LogP contribution in [-0.2, 0) is 14.8 Å². The Morgan fingerprint density at radius 1 is 1.20 bits per heavy atom. The number of carbonyl (C=O) groups is 1. The van der Waals surface area contributed by atoms with Gasteiger partial charge in [0, 0.05) is 34.2 Å². The molecule has 40 heavy (non-hydrogen) atoms. The molecule has 0 saturated heterocycles. The molecule has 1 amide bonds. The van der Waals surface area contributed by atoms with E-state index < -0.39 is 45.1 Å². The van der Waals surface area contributed by atoms with Crippen LogP contribution in [0.1, 0.15) is 18.9 Å². The van der Waals surface area contributed by atoms with Crippen LogP contribution in [-0.4, -0.2) is 55.9 Å². The average Bonchev–Trinajstić information content (AvgIpc) is 3.26. The summed E-state index contributed by atoms with van der Waals surface area (Å²) in [5.41, 5.74) is 2.16. The van der Waals surface area contributed by atoms with Crippen LogP contribution in [0.5, 0.6) is 0 Å². The molecule has 0 aliphatic carbocycles. The van der Waals surface area contributed by atoms with Gasteiger partial charge in [0.25, 0.3) is 10.0 Å². The average molecular weight is 642 g/mol. The number of aryl methyl sites for hydroxylation is 1. The van der Waals surface area contributed by atoms with E-state index in [1.54, 1.807) is 19.1 Å². The summed E-state index contributed by atoms with van der Waals surface area (Å²) in [5, 5.41) is 12.0. The molecule has 4 aromatic rings. The lowest BCUT2D eigenvalue weighted by molar-refractivity contribution is -0.384. The summed E-state index contributed by atoms with van der Waals surface area (Å²) in [6.45, 7) is 1.36. The number of halogens is 4. The lowest BCUT2D eigenvalue weighted by Gasteiger charge is -2.24. The Morgan fingerprint density at radius 3 is 2.48 bits per heavy atom. The topological polar surface area (TPSA) is 153 Å². The van der Waals surface area contributed by atoms with Gasteiger partial charge in [-0.25, -0.2) is 32.4 Å². The van der Waals surface area contributed by atoms with Crippen molar-refractivity contribution >= 4 is 54.4 Å². The number of nitrogens with one attached hydrogen (secondary N) is 1. The first-order valence-electron chi connectivity index (χ1n) is 11.4. The second-order valence-corrected chi connectivity index (χ2v) is 11.2. The van der Waals surface area contributed by atoms with Crippen molar-refractivity contribution in [2.24, 2.45) is 0 Å². The predicted octanol–water partition coefficient (Wildman–Crippen LogP) is 4.84. The monoisotopic (exact) mass is 641 g/mol. The third-order valence-electron chi connectivity index (χ3n) is 5.55. The molecule has 0 radical (unpaired) electrons. The van der Waals surface area contributed by atoms with Crippen molar-refractivity contribution in [2.45, 2.75) is 31.3 Å². The number of nitro groups is 1. The summed E-state index contributed by atoms with van der Waals surface area (Å²) in [5.74, 6) is -1.97. The maximum atomic E-state index is 13.5. The van der Waals surface area contributed by atoms with Gasteiger partial charge >= 0.3 is 11.9 Å². The first-order chi connectivity index (χ1) is 18.7. The number of hydrogen-bond donors (Lipinski definition) is 1. The maximum Gasteiger partial charge on any atom is 0.408 e. The first-order valence-corrected chi connectivity index (χ1v) is 13.6. The summed E-state index contributed by atoms with van der Waals surface area (Å²) in [6.07, 6.45) is -1.88. The quantitative estimate of drug-likeness (QED) is 0.210. The standard InChI is InChI=1S/C23H19BrF3N7O5S/c1-3-19(35)32(12-23(25,26)27)31-21-18(34(36)37)10-28-20(30-21)17-11-33(22-16(17)8-14(24)9-29-22)40(38,39)15-6-4-13(2)5-7-15/h4-11H,3,12H2,1-2H3,(H,28,30,31). The van der Waals surface area contributed by atoms with Crippen LogP contribution in [0.2, 0.25) is 0 Å². The molecular weight excluding hydrogens is 623 g/mol. The lowest BCUT2D eigenvalue weighted by atomic mass is 10.2. The number of pyridine rings is 1. The summed E-state index contributed by atoms with van der Waals surface area (Å²) in [6, 6.07) is 7.59. The van der Waals surface area contributed by atoms with E-state index in [1.165, 1.54) is 31.3 Å². The van der Waals surface area contributed by atoms with Gasteiger partial charge in [0.05, 0.1) is 9.82 Å². The van der Waals surface area contributed by atoms with Crippen molar-refractivity contribution < 1.29 is 31.3 Å². The molecule has 0 fully saturated rings. The van der Waals surface area contributed by atoms with Crippen molar-refractivity contribution in [3.8, 4) is 11.4 Å². The SMILES string of the molecule is CCC(=O)N(CC(F)(F)F)Nc1nc(-c2cn(S(=O)(=O)c3ccc(C)cc3)c3ncc(Br)cc23)ncc1[N+](=O)[O-]. The Hall–Kier alpha value is -4.12. The van der Waals surface area contributed by atoms with E-state index >= 15 is 0 Å². The smallest absolute Gasteiger partial charge is 0.273 e. The van der Waals surface area contributed by atoms with Crippen LogP contribution in [0.15, 0.2) is 58.3 Å². The van der Waals surface area contributed by atoms with Gasteiger partial charge in [-0.2, -0.15) is 13.2 Å². The van der Waals surface area contributed by atoms with Gasteiger partial charge in [-0.15, -0.1) is 0 Å². The van der Waals surface area contributed by atoms with Crippen LogP contribution < -0.4 is 5.43 Å². The van der Waals surface area contributed by atoms with E-state index in [2.05, 4.69) is 36.3 Å². The van der Waals surface area contributed by atoms with E-state index in [0.717, 1.165) is 21.9 Å². The molecule has 1 N–H and O–H groups in total. The molecule has 3 aromatic heterocycles. The highest BCUT2D eigenvalue weighted by Gasteiger charge is 2.34. The van der Waals surface area contributed by atoms with E-state index in [9.17, 15) is 36.5 Å². The Bertz CT molecular complexity index is 1730. The number of aromatic nitrogens is 4. The van der Waals surface area contributed by atoms with Crippen LogP contribution in [0.3, 0.4) is 0 Å². The normalized spacial score (nSPS) is 11.9. The van der Waals surface area contributed by atoms with Crippen molar-refractivity contribution in [3.63, 3.8) is 0 Å². The fourth-order valence-corrected chi connectivity index (χ4v) is 5.30. The minimum Gasteiger partial charge on any atom is -0.273 e. The number of nitrogens with zero attached hydrogens (tertiary/aromatic N) is 6. The Morgan fingerprint density at radius 2 is 1.88 bits per heavy atom. The minimum absolute atomic E-state index is 0.0184. The minimum atomic E-state index is -4.82. The van der Waals surface area contributed by atoms with Gasteiger partial charge in [0.1, 0.15) is 12.7 Å². The number of anilines is 1. The highest BCUT2D eigenvalue weighted by atomic mass is 79.9. The molecule has 12 nitrogen and oxygen atoms in total. The zero-order valence-corrected chi connectivity index (χ0v) is 23.1. The van der Waals surface area contributed by atoms with Crippen molar-refractivity contribution in [1.82, 2.24) is 23.9 Å². The number of carbonyl (C=O) groups excluding carboxylic acids is 1. The van der Waals surface area contributed by atoms with E-state index in [4.69, 9.17) is 0 Å². The molecule has 0 saturated carbocycles. The van der Waals surface area contributed by atoms with Crippen LogP contribution in [0.4, 0.5) is 24.7 Å². The number of hydrazine groups is 1. The van der Waals surface area contributed by atoms with Gasteiger partial charge in [0.15, 0.2) is 11.5 Å². The zero-order valence-electron chi connectivity index (χ0n) is 20.7. The van der Waals surface area contributed by atoms with Crippen LogP contribution in [0, 0.1) is 17.0 Å². The van der Waals surface area contributed by atoms with E-state index in [-0.39, 0.29) is 38.7 Å². The Balaban J connectivity index is 1.90. The molecule has 0 aliphatic rings. The number of benzene rings is 1. The van der Waals surface area contributed by atoms with E-state index in [1.807, 2.05) is 0 Å². The fourth-order valence-electron chi connectivity index (χ4n) is 3.65. The van der Waals surface area contributed by atoms with Gasteiger partial charge in [-0.3, -0.25) is 20.3 Å². The van der Waals surface area contributed by atoms with E-state index in [0.29, 0.717) is 4.47 Å². The Labute approximate surface area is 233 Å². The highest BCUT2D eigenvalue weighted by molar-refractivity contribution is 9.10. The molecule has 0 atom stereocenters. The molecule has 0 unspecified atom stereocenters. The highest BCUT2D eigenvalue weighted by Crippen LogP contribution is 2.34. The van der Waals surface area contributed by atoms with Crippen molar-refractivity contribution in [3.05, 3.63) is 69.1 Å². The van der Waals surface area contributed by atoms with Crippen molar-refractivity contribution in [2.75, 3.05) is 12.0 Å². The second-order valence-electron chi connectivity index (χ2n) is 8.43. The van der Waals surface area contributed by atoms with Crippen LogP contribution in [0.25, 0.3) is 22.4 Å². The molecular formula is C23H19BrF3N7O5S. The fraction of sp³-hybridized carbons (Fsp3) is 0.217. The molecule has 0 bridgehead atoms. The Kier molecular flexibility index (Phi) is 7.80. The number of alkyl halides is 3. The number of fused-ring (bicyclic) bond motifs is 1. The zero-order chi connectivity index (χ0) is 29.4. The summed E-state index contributed by atoms with van der Waals surface area (Å²) in [4.78, 5) is 35.0. The van der Waals surface area contributed by atoms with Gasteiger partial charge < -0.3 is 0 Å². The third kappa shape index (κ3) is 5.89. The molecule has 0 spiro atoms. The molecule has 0 aliphatic heterocycles. The van der Waals surface area contributed by atoms with Gasteiger partial charge in [0.2, 0.25) is 11.7 Å². The molecule has 17 heteroatoms. The number of rotatable bonds is 8. The largest absolute Gasteiger partial charge is 0.408 e. The third-order valence-corrected chi connectivity index (χ3v) is 7.64. The van der Waals surface area contributed by atoms with Crippen LogP contribution >= 0.6 is 15.9 Å². The molecule has 210 valence electrons. The predicted molar refractivity (Wildman–Crippen MR) is 141 cm³/mol. The maximum absolute atomic E-state index is 13.5. The van der Waals surface area contributed by atoms with Crippen molar-refractivity contribution in [1.29, 1.82) is 0 Å². The molecule has 1 aromatic carbocycles. The molecule has 3 heterocycles. The summed E-state index contributed by atoms with van der Waals surface area (Å²) < 4.78 is 67.7. The first kappa shape index (κ1) is 28.9.